The molecule has 0 aromatic heterocycles. The van der Waals surface area contributed by atoms with Gasteiger partial charge in [-0.25, -0.2) is 0 Å². The van der Waals surface area contributed by atoms with E-state index in [2.05, 4.69) is 10.6 Å². The van der Waals surface area contributed by atoms with Crippen LogP contribution in [0, 0.1) is 5.92 Å². The SMILES string of the molecule is COCCCCCNC(=O)CCC1CCNCC1.Cl. The van der Waals surface area contributed by atoms with Gasteiger partial charge in [0.05, 0.1) is 0 Å². The molecule has 5 heteroatoms. The van der Waals surface area contributed by atoms with Crippen LogP contribution >= 0.6 is 12.4 Å². The quantitative estimate of drug-likeness (QED) is 0.640. The number of piperidine rings is 1. The fourth-order valence-corrected chi connectivity index (χ4v) is 2.37. The molecule has 0 aliphatic carbocycles. The van der Waals surface area contributed by atoms with Crippen molar-refractivity contribution in [3.05, 3.63) is 0 Å². The number of amides is 1. The average Bonchev–Trinajstić information content (AvgIpc) is 2.41. The first-order chi connectivity index (χ1) is 8.83. The summed E-state index contributed by atoms with van der Waals surface area (Å²) in [4.78, 5) is 11.6. The predicted molar refractivity (Wildman–Crippen MR) is 80.8 cm³/mol. The van der Waals surface area contributed by atoms with Crippen LogP contribution in [0.3, 0.4) is 0 Å². The van der Waals surface area contributed by atoms with Crippen LogP contribution in [0.1, 0.15) is 44.9 Å². The molecule has 0 saturated carbocycles. The Morgan fingerprint density at radius 3 is 2.68 bits per heavy atom. The summed E-state index contributed by atoms with van der Waals surface area (Å²) in [5.41, 5.74) is 0. The fraction of sp³-hybridized carbons (Fsp3) is 0.929. The molecule has 0 bridgehead atoms. The lowest BCUT2D eigenvalue weighted by Crippen LogP contribution is -2.29. The molecular weight excluding hydrogens is 264 g/mol. The van der Waals surface area contributed by atoms with Crippen molar-refractivity contribution >= 4 is 18.3 Å². The molecule has 114 valence electrons. The molecule has 0 radical (unpaired) electrons. The third-order valence-corrected chi connectivity index (χ3v) is 3.59. The van der Waals surface area contributed by atoms with Crippen molar-refractivity contribution in [2.24, 2.45) is 5.92 Å². The zero-order valence-corrected chi connectivity index (χ0v) is 12.9. The molecule has 0 atom stereocenters. The summed E-state index contributed by atoms with van der Waals surface area (Å²) in [5.74, 6) is 0.971. The number of halogens is 1. The summed E-state index contributed by atoms with van der Waals surface area (Å²) >= 11 is 0. The maximum atomic E-state index is 11.6. The minimum atomic E-state index is 0. The van der Waals surface area contributed by atoms with Gasteiger partial charge in [0.15, 0.2) is 0 Å². The minimum absolute atomic E-state index is 0. The first-order valence-corrected chi connectivity index (χ1v) is 7.29. The van der Waals surface area contributed by atoms with Gasteiger partial charge in [-0.2, -0.15) is 0 Å². The van der Waals surface area contributed by atoms with Gasteiger partial charge in [-0.15, -0.1) is 12.4 Å². The van der Waals surface area contributed by atoms with Crippen LogP contribution < -0.4 is 10.6 Å². The molecular formula is C14H29ClN2O2. The second-order valence-corrected chi connectivity index (χ2v) is 5.14. The number of carbonyl (C=O) groups is 1. The Bertz CT molecular complexity index is 221. The number of unbranched alkanes of at least 4 members (excludes halogenated alkanes) is 2. The molecule has 19 heavy (non-hydrogen) atoms. The Hall–Kier alpha value is -0.320. The van der Waals surface area contributed by atoms with Crippen LogP contribution in [0.15, 0.2) is 0 Å². The van der Waals surface area contributed by atoms with Crippen LogP contribution in [-0.4, -0.2) is 39.3 Å². The fourth-order valence-electron chi connectivity index (χ4n) is 2.37. The van der Waals surface area contributed by atoms with Gasteiger partial charge in [0.1, 0.15) is 0 Å². The molecule has 1 heterocycles. The number of carbonyl (C=O) groups excluding carboxylic acids is 1. The zero-order valence-electron chi connectivity index (χ0n) is 12.1. The highest BCUT2D eigenvalue weighted by Crippen LogP contribution is 2.17. The van der Waals surface area contributed by atoms with E-state index in [1.807, 2.05) is 0 Å². The van der Waals surface area contributed by atoms with Crippen molar-refractivity contribution in [2.45, 2.75) is 44.9 Å². The summed E-state index contributed by atoms with van der Waals surface area (Å²) in [6.45, 7) is 3.87. The first kappa shape index (κ1) is 18.7. The number of hydrogen-bond acceptors (Lipinski definition) is 3. The Kier molecular flexibility index (Phi) is 12.5. The minimum Gasteiger partial charge on any atom is -0.385 e. The highest BCUT2D eigenvalue weighted by molar-refractivity contribution is 5.85. The van der Waals surface area contributed by atoms with Gasteiger partial charge in [0, 0.05) is 26.7 Å². The molecule has 0 aromatic rings. The first-order valence-electron chi connectivity index (χ1n) is 7.29. The van der Waals surface area contributed by atoms with Gasteiger partial charge in [0.2, 0.25) is 5.91 Å². The van der Waals surface area contributed by atoms with Gasteiger partial charge in [0.25, 0.3) is 0 Å². The van der Waals surface area contributed by atoms with Crippen molar-refractivity contribution in [1.82, 2.24) is 10.6 Å². The topological polar surface area (TPSA) is 50.4 Å². The second-order valence-electron chi connectivity index (χ2n) is 5.14. The molecule has 0 unspecified atom stereocenters. The van der Waals surface area contributed by atoms with E-state index in [1.54, 1.807) is 7.11 Å². The Morgan fingerprint density at radius 2 is 2.00 bits per heavy atom. The molecule has 2 N–H and O–H groups in total. The highest BCUT2D eigenvalue weighted by Gasteiger charge is 2.14. The molecule has 4 nitrogen and oxygen atoms in total. The summed E-state index contributed by atoms with van der Waals surface area (Å²) < 4.78 is 4.98. The van der Waals surface area contributed by atoms with Gasteiger partial charge >= 0.3 is 0 Å². The third-order valence-electron chi connectivity index (χ3n) is 3.59. The number of nitrogens with one attached hydrogen (secondary N) is 2. The standard InChI is InChI=1S/C14H28N2O2.ClH/c1-18-12-4-2-3-9-16-14(17)6-5-13-7-10-15-11-8-13;/h13,15H,2-12H2,1H3,(H,16,17);1H. The summed E-state index contributed by atoms with van der Waals surface area (Å²) in [6, 6.07) is 0. The average molecular weight is 293 g/mol. The van der Waals surface area contributed by atoms with Gasteiger partial charge < -0.3 is 15.4 Å². The van der Waals surface area contributed by atoms with Gasteiger partial charge in [-0.1, -0.05) is 0 Å². The molecule has 0 spiro atoms. The van der Waals surface area contributed by atoms with E-state index in [-0.39, 0.29) is 18.3 Å². The van der Waals surface area contributed by atoms with Crippen molar-refractivity contribution in [3.8, 4) is 0 Å². The van der Waals surface area contributed by atoms with Crippen molar-refractivity contribution < 1.29 is 9.53 Å². The van der Waals surface area contributed by atoms with E-state index in [9.17, 15) is 4.79 Å². The van der Waals surface area contributed by atoms with Crippen LogP contribution in [0.2, 0.25) is 0 Å². The second kappa shape index (κ2) is 12.7. The predicted octanol–water partition coefficient (Wildman–Crippen LogP) is 2.12. The highest BCUT2D eigenvalue weighted by atomic mass is 35.5. The van der Waals surface area contributed by atoms with E-state index in [4.69, 9.17) is 4.74 Å². The summed E-state index contributed by atoms with van der Waals surface area (Å²) in [7, 11) is 1.72. The number of methoxy groups -OCH3 is 1. The zero-order chi connectivity index (χ0) is 13.1. The van der Waals surface area contributed by atoms with E-state index in [0.717, 1.165) is 57.8 Å². The van der Waals surface area contributed by atoms with Crippen LogP contribution in [-0.2, 0) is 9.53 Å². The molecule has 1 aliphatic heterocycles. The number of hydrogen-bond donors (Lipinski definition) is 2. The molecule has 1 saturated heterocycles. The third kappa shape index (κ3) is 10.2. The lowest BCUT2D eigenvalue weighted by atomic mass is 9.93. The van der Waals surface area contributed by atoms with Crippen LogP contribution in [0.4, 0.5) is 0 Å². The summed E-state index contributed by atoms with van der Waals surface area (Å²) in [5, 5.41) is 6.35. The molecule has 1 fully saturated rings. The monoisotopic (exact) mass is 292 g/mol. The number of rotatable bonds is 9. The van der Waals surface area contributed by atoms with E-state index in [0.29, 0.717) is 6.42 Å². The molecule has 0 aromatic carbocycles. The summed E-state index contributed by atoms with van der Waals surface area (Å²) in [6.07, 6.45) is 7.47. The lowest BCUT2D eigenvalue weighted by molar-refractivity contribution is -0.121. The Balaban J connectivity index is 0.00000324. The number of ether oxygens (including phenoxy) is 1. The Morgan fingerprint density at radius 1 is 1.26 bits per heavy atom. The smallest absolute Gasteiger partial charge is 0.220 e. The molecule has 1 amide bonds. The van der Waals surface area contributed by atoms with Crippen molar-refractivity contribution in [1.29, 1.82) is 0 Å². The lowest BCUT2D eigenvalue weighted by Gasteiger charge is -2.22. The van der Waals surface area contributed by atoms with Crippen molar-refractivity contribution in [2.75, 3.05) is 33.4 Å². The van der Waals surface area contributed by atoms with Gasteiger partial charge in [-0.05, 0) is 57.5 Å². The molecule has 1 aliphatic rings. The Labute approximate surface area is 123 Å². The largest absolute Gasteiger partial charge is 0.385 e. The maximum absolute atomic E-state index is 11.6. The maximum Gasteiger partial charge on any atom is 0.220 e. The normalized spacial score (nSPS) is 15.8. The molecule has 1 rings (SSSR count). The van der Waals surface area contributed by atoms with E-state index in [1.165, 1.54) is 12.8 Å². The van der Waals surface area contributed by atoms with Crippen LogP contribution in [0.25, 0.3) is 0 Å². The van der Waals surface area contributed by atoms with Gasteiger partial charge in [-0.3, -0.25) is 4.79 Å². The van der Waals surface area contributed by atoms with Crippen molar-refractivity contribution in [3.63, 3.8) is 0 Å². The van der Waals surface area contributed by atoms with E-state index >= 15 is 0 Å². The van der Waals surface area contributed by atoms with Crippen LogP contribution in [0.5, 0.6) is 0 Å². The van der Waals surface area contributed by atoms with E-state index < -0.39 is 0 Å².